The molecular weight excluding hydrogens is 366 g/mol. The average molecular weight is 389 g/mol. The number of carbonyl (C=O) groups is 3. The van der Waals surface area contributed by atoms with Crippen molar-refractivity contribution in [2.24, 2.45) is 12.8 Å². The van der Waals surface area contributed by atoms with Crippen molar-refractivity contribution in [3.63, 3.8) is 0 Å². The number of imidazole rings is 1. The number of rotatable bonds is 3. The number of nitrogens with zero attached hydrogens (tertiary/aromatic N) is 3. The zero-order chi connectivity index (χ0) is 21.4. The number of carboxylic acids is 2. The second-order valence-corrected chi connectivity index (χ2v) is 5.70. The van der Waals surface area contributed by atoms with Crippen LogP contribution in [-0.2, 0) is 16.6 Å². The summed E-state index contributed by atoms with van der Waals surface area (Å²) in [5, 5.41) is 18.7. The lowest BCUT2D eigenvalue weighted by atomic mass is 10.1. The summed E-state index contributed by atoms with van der Waals surface area (Å²) in [4.78, 5) is 38.7. The number of hydrogen-bond donors (Lipinski definition) is 4. The zero-order valence-electron chi connectivity index (χ0n) is 16.1. The molecule has 0 aliphatic carbocycles. The molecule has 0 aliphatic rings. The first-order valence-electron chi connectivity index (χ1n) is 8.17. The van der Waals surface area contributed by atoms with Gasteiger partial charge in [-0.1, -0.05) is 18.2 Å². The summed E-state index contributed by atoms with van der Waals surface area (Å²) in [5.74, 6) is -1.38. The Morgan fingerprint density at radius 2 is 1.75 bits per heavy atom. The molecule has 0 radical (unpaired) electrons. The number of primary amides is 1. The molecule has 0 fully saturated rings. The molecule has 0 unspecified atom stereocenters. The first-order valence-corrected chi connectivity index (χ1v) is 8.17. The Balaban J connectivity index is 0.000000329. The van der Waals surface area contributed by atoms with Crippen LogP contribution in [0.15, 0.2) is 24.3 Å². The van der Waals surface area contributed by atoms with Gasteiger partial charge in [0.05, 0.1) is 17.6 Å². The Bertz CT molecular complexity index is 1010. The van der Waals surface area contributed by atoms with Gasteiger partial charge in [-0.3, -0.25) is 14.4 Å². The maximum atomic E-state index is 11.5. The highest BCUT2D eigenvalue weighted by Crippen LogP contribution is 2.26. The van der Waals surface area contributed by atoms with Crippen LogP contribution in [0, 0.1) is 6.92 Å². The molecule has 2 aromatic heterocycles. The smallest absolute Gasteiger partial charge is 0.317 e. The van der Waals surface area contributed by atoms with Gasteiger partial charge < -0.3 is 25.8 Å². The van der Waals surface area contributed by atoms with E-state index in [9.17, 15) is 9.59 Å². The lowest BCUT2D eigenvalue weighted by molar-refractivity contribution is -0.136. The first kappa shape index (κ1) is 22.5. The van der Waals surface area contributed by atoms with Gasteiger partial charge in [0, 0.05) is 19.4 Å². The standard InChI is InChI=1S/C13H12N4O.C3H7NO2.C2H4O2/c1-7-15-10-11(13(14)18)16-9-6-4-3-5-8(9)12(10)17(7)2;1-4-2-3(5)6;1-2(3)4/h3-6H,1-2H3,(H2,14,18);4H,2H2,1H3,(H,5,6);1H3,(H,3,4). The number of aliphatic carboxylic acids is 2. The van der Waals surface area contributed by atoms with Crippen molar-refractivity contribution in [2.45, 2.75) is 13.8 Å². The van der Waals surface area contributed by atoms with Crippen LogP contribution < -0.4 is 11.1 Å². The maximum Gasteiger partial charge on any atom is 0.317 e. The van der Waals surface area contributed by atoms with Gasteiger partial charge in [-0.15, -0.1) is 0 Å². The third-order valence-corrected chi connectivity index (χ3v) is 3.50. The van der Waals surface area contributed by atoms with Gasteiger partial charge in [-0.25, -0.2) is 9.97 Å². The average Bonchev–Trinajstić information content (AvgIpc) is 2.89. The predicted octanol–water partition coefficient (Wildman–Crippen LogP) is 0.910. The van der Waals surface area contributed by atoms with Crippen LogP contribution in [0.4, 0.5) is 0 Å². The predicted molar refractivity (Wildman–Crippen MR) is 104 cm³/mol. The van der Waals surface area contributed by atoms with Crippen molar-refractivity contribution in [3.8, 4) is 0 Å². The van der Waals surface area contributed by atoms with Crippen molar-refractivity contribution in [1.29, 1.82) is 0 Å². The van der Waals surface area contributed by atoms with E-state index in [4.69, 9.17) is 20.7 Å². The van der Waals surface area contributed by atoms with E-state index in [1.807, 2.05) is 42.8 Å². The van der Waals surface area contributed by atoms with Gasteiger partial charge in [-0.05, 0) is 20.0 Å². The molecule has 5 N–H and O–H groups in total. The van der Waals surface area contributed by atoms with Crippen LogP contribution >= 0.6 is 0 Å². The van der Waals surface area contributed by atoms with E-state index in [0.29, 0.717) is 5.52 Å². The Labute approximate surface area is 161 Å². The summed E-state index contributed by atoms with van der Waals surface area (Å²) in [6, 6.07) is 7.66. The first-order chi connectivity index (χ1) is 13.1. The fourth-order valence-corrected chi connectivity index (χ4v) is 2.35. The van der Waals surface area contributed by atoms with Gasteiger partial charge in [0.1, 0.15) is 11.3 Å². The largest absolute Gasteiger partial charge is 0.481 e. The summed E-state index contributed by atoms with van der Waals surface area (Å²) < 4.78 is 1.95. The summed E-state index contributed by atoms with van der Waals surface area (Å²) in [7, 11) is 3.51. The second kappa shape index (κ2) is 9.97. The zero-order valence-corrected chi connectivity index (χ0v) is 16.1. The molecule has 10 heteroatoms. The van der Waals surface area contributed by atoms with Crippen molar-refractivity contribution < 1.29 is 24.6 Å². The number of nitrogens with two attached hydrogens (primary N) is 1. The van der Waals surface area contributed by atoms with E-state index in [2.05, 4.69) is 15.3 Å². The van der Waals surface area contributed by atoms with E-state index in [1.165, 1.54) is 0 Å². The lowest BCUT2D eigenvalue weighted by Gasteiger charge is -2.04. The van der Waals surface area contributed by atoms with Gasteiger partial charge in [0.2, 0.25) is 0 Å². The molecule has 10 nitrogen and oxygen atoms in total. The van der Waals surface area contributed by atoms with Crippen molar-refractivity contribution >= 4 is 39.8 Å². The van der Waals surface area contributed by atoms with Gasteiger partial charge in [0.15, 0.2) is 5.69 Å². The number of para-hydroxylation sites is 1. The highest BCUT2D eigenvalue weighted by Gasteiger charge is 2.17. The highest BCUT2D eigenvalue weighted by molar-refractivity contribution is 6.11. The Hall–Kier alpha value is -3.53. The Morgan fingerprint density at radius 1 is 1.18 bits per heavy atom. The lowest BCUT2D eigenvalue weighted by Crippen LogP contribution is -2.16. The second-order valence-electron chi connectivity index (χ2n) is 5.70. The normalized spacial score (nSPS) is 9.86. The van der Waals surface area contributed by atoms with Crippen molar-refractivity contribution in [1.82, 2.24) is 19.9 Å². The molecule has 0 spiro atoms. The molecule has 0 saturated heterocycles. The molecule has 0 atom stereocenters. The summed E-state index contributed by atoms with van der Waals surface area (Å²) in [6.45, 7) is 3.01. The Morgan fingerprint density at radius 3 is 2.21 bits per heavy atom. The molecular formula is C18H23N5O5. The van der Waals surface area contributed by atoms with Crippen molar-refractivity contribution in [3.05, 3.63) is 35.8 Å². The summed E-state index contributed by atoms with van der Waals surface area (Å²) in [6.07, 6.45) is 0. The van der Waals surface area contributed by atoms with E-state index in [0.717, 1.165) is 29.2 Å². The molecule has 2 heterocycles. The monoisotopic (exact) mass is 389 g/mol. The molecule has 0 bridgehead atoms. The number of carboxylic acid groups (broad SMARTS) is 2. The van der Waals surface area contributed by atoms with Crippen LogP contribution in [0.3, 0.4) is 0 Å². The Kier molecular flexibility index (Phi) is 8.02. The molecule has 3 rings (SSSR count). The molecule has 3 aromatic rings. The van der Waals surface area contributed by atoms with Crippen LogP contribution in [0.5, 0.6) is 0 Å². The van der Waals surface area contributed by atoms with E-state index in [1.54, 1.807) is 7.05 Å². The number of likely N-dealkylation sites (N-methyl/N-ethyl adjacent to an activating group) is 1. The number of fused-ring (bicyclic) bond motifs is 3. The number of amides is 1. The van der Waals surface area contributed by atoms with Crippen LogP contribution in [0.1, 0.15) is 23.2 Å². The van der Waals surface area contributed by atoms with E-state index >= 15 is 0 Å². The third-order valence-electron chi connectivity index (χ3n) is 3.50. The quantitative estimate of drug-likeness (QED) is 0.514. The van der Waals surface area contributed by atoms with Crippen LogP contribution in [0.2, 0.25) is 0 Å². The molecule has 1 amide bonds. The number of benzene rings is 1. The van der Waals surface area contributed by atoms with Crippen LogP contribution in [-0.4, -0.2) is 56.2 Å². The minimum absolute atomic E-state index is 0.0417. The van der Waals surface area contributed by atoms with Gasteiger partial charge >= 0.3 is 5.97 Å². The topological polar surface area (TPSA) is 160 Å². The fraction of sp³-hybridized carbons (Fsp3) is 0.278. The maximum absolute atomic E-state index is 11.5. The number of pyridine rings is 1. The van der Waals surface area contributed by atoms with E-state index < -0.39 is 17.8 Å². The molecule has 0 aliphatic heterocycles. The van der Waals surface area contributed by atoms with E-state index in [-0.39, 0.29) is 12.2 Å². The minimum atomic E-state index is -0.833. The number of hydrogen-bond acceptors (Lipinski definition) is 6. The highest BCUT2D eigenvalue weighted by atomic mass is 16.4. The van der Waals surface area contributed by atoms with Gasteiger partial charge in [0.25, 0.3) is 11.9 Å². The third kappa shape index (κ3) is 5.74. The SMILES string of the molecule is CC(=O)O.CNCC(=O)O.Cc1nc2c(C(N)=O)nc3ccccc3c2n1C. The number of carbonyl (C=O) groups excluding carboxylic acids is 1. The molecule has 1 aromatic carbocycles. The van der Waals surface area contributed by atoms with Crippen molar-refractivity contribution in [2.75, 3.05) is 13.6 Å². The number of aromatic nitrogens is 3. The molecule has 0 saturated carbocycles. The molecule has 150 valence electrons. The van der Waals surface area contributed by atoms with Crippen LogP contribution in [0.25, 0.3) is 21.9 Å². The minimum Gasteiger partial charge on any atom is -0.481 e. The molecule has 28 heavy (non-hydrogen) atoms. The number of aryl methyl sites for hydroxylation is 2. The fourth-order valence-electron chi connectivity index (χ4n) is 2.35. The summed E-state index contributed by atoms with van der Waals surface area (Å²) >= 11 is 0. The number of nitrogens with one attached hydrogen (secondary N) is 1. The van der Waals surface area contributed by atoms with Gasteiger partial charge in [-0.2, -0.15) is 0 Å². The summed E-state index contributed by atoms with van der Waals surface area (Å²) in [5.41, 5.74) is 7.83.